The van der Waals surface area contributed by atoms with Gasteiger partial charge < -0.3 is 25.2 Å². The average Bonchev–Trinajstić information content (AvgIpc) is 3.40. The molecule has 1 aliphatic heterocycles. The van der Waals surface area contributed by atoms with Crippen molar-refractivity contribution in [2.24, 2.45) is 5.92 Å². The molecule has 1 saturated heterocycles. The van der Waals surface area contributed by atoms with Gasteiger partial charge in [0.15, 0.2) is 0 Å². The molecule has 1 saturated carbocycles. The van der Waals surface area contributed by atoms with Gasteiger partial charge >= 0.3 is 5.97 Å². The third kappa shape index (κ3) is 4.33. The fourth-order valence-electron chi connectivity index (χ4n) is 4.65. The molecule has 0 radical (unpaired) electrons. The summed E-state index contributed by atoms with van der Waals surface area (Å²) in [4.78, 5) is 29.3. The van der Waals surface area contributed by atoms with Gasteiger partial charge in [-0.15, -0.1) is 6.58 Å². The second-order valence-corrected chi connectivity index (χ2v) is 9.00. The quantitative estimate of drug-likeness (QED) is 0.431. The normalized spacial score (nSPS) is 25.1. The van der Waals surface area contributed by atoms with Crippen LogP contribution in [0, 0.1) is 5.92 Å². The van der Waals surface area contributed by atoms with E-state index in [2.05, 4.69) is 17.2 Å². The van der Waals surface area contributed by atoms with Crippen molar-refractivity contribution >= 4 is 22.8 Å². The van der Waals surface area contributed by atoms with Crippen LogP contribution in [0.3, 0.4) is 0 Å². The predicted octanol–water partition coefficient (Wildman–Crippen LogP) is 3.17. The molecule has 1 aromatic heterocycles. The second kappa shape index (κ2) is 9.03. The van der Waals surface area contributed by atoms with Gasteiger partial charge in [0.1, 0.15) is 23.1 Å². The van der Waals surface area contributed by atoms with Crippen molar-refractivity contribution in [3.05, 3.63) is 67.3 Å². The number of aliphatic carboxylic acids is 1. The van der Waals surface area contributed by atoms with E-state index in [0.717, 1.165) is 22.2 Å². The van der Waals surface area contributed by atoms with Gasteiger partial charge in [0.25, 0.3) is 0 Å². The Kier molecular flexibility index (Phi) is 5.90. The van der Waals surface area contributed by atoms with E-state index in [-0.39, 0.29) is 17.9 Å². The molecule has 2 aliphatic rings. The number of nitrogens with one attached hydrogen (secondary N) is 2. The number of pyridine rings is 1. The van der Waals surface area contributed by atoms with Crippen LogP contribution >= 0.6 is 0 Å². The number of rotatable bonds is 8. The van der Waals surface area contributed by atoms with Crippen LogP contribution in [0.15, 0.2) is 67.3 Å². The Balaban J connectivity index is 1.36. The van der Waals surface area contributed by atoms with Crippen molar-refractivity contribution in [1.29, 1.82) is 0 Å². The highest BCUT2D eigenvalue weighted by Gasteiger charge is 2.60. The highest BCUT2D eigenvalue weighted by atomic mass is 16.5. The Hall–Kier alpha value is -3.91. The molecule has 8 nitrogen and oxygen atoms in total. The molecule has 4 atom stereocenters. The molecule has 3 aromatic rings. The molecule has 0 bridgehead atoms. The van der Waals surface area contributed by atoms with E-state index < -0.39 is 17.6 Å². The van der Waals surface area contributed by atoms with E-state index in [9.17, 15) is 14.7 Å². The van der Waals surface area contributed by atoms with E-state index in [0.29, 0.717) is 30.9 Å². The van der Waals surface area contributed by atoms with E-state index in [1.54, 1.807) is 13.2 Å². The summed E-state index contributed by atoms with van der Waals surface area (Å²) in [5, 5.41) is 16.3. The fourth-order valence-corrected chi connectivity index (χ4v) is 4.65. The summed E-state index contributed by atoms with van der Waals surface area (Å²) >= 11 is 0. The summed E-state index contributed by atoms with van der Waals surface area (Å²) in [5.74, 6) is -0.259. The maximum Gasteiger partial charge on any atom is 0.330 e. The van der Waals surface area contributed by atoms with Crippen LogP contribution in [0.4, 0.5) is 0 Å². The molecule has 1 amide bonds. The van der Waals surface area contributed by atoms with Gasteiger partial charge in [-0.25, -0.2) is 9.78 Å². The Labute approximate surface area is 203 Å². The number of ether oxygens (including phenoxy) is 2. The highest BCUT2D eigenvalue weighted by molar-refractivity contribution is 5.93. The van der Waals surface area contributed by atoms with E-state index in [1.165, 1.54) is 0 Å². The molecule has 2 fully saturated rings. The maximum absolute atomic E-state index is 12.8. The molecule has 2 heterocycles. The first kappa shape index (κ1) is 22.9. The van der Waals surface area contributed by atoms with Crippen molar-refractivity contribution in [1.82, 2.24) is 15.6 Å². The molecular weight excluding hydrogens is 446 g/mol. The number of nitrogens with zero attached hydrogens (tertiary/aromatic N) is 1. The molecule has 3 N–H and O–H groups in total. The molecule has 1 aliphatic carbocycles. The minimum atomic E-state index is -1.25. The lowest BCUT2D eigenvalue weighted by molar-refractivity contribution is -0.143. The molecular formula is C27H27N3O5. The second-order valence-electron chi connectivity index (χ2n) is 9.00. The summed E-state index contributed by atoms with van der Waals surface area (Å²) < 4.78 is 11.8. The van der Waals surface area contributed by atoms with Crippen molar-refractivity contribution in [2.45, 2.75) is 30.5 Å². The number of amides is 1. The topological polar surface area (TPSA) is 110 Å². The van der Waals surface area contributed by atoms with Crippen LogP contribution in [0.2, 0.25) is 0 Å². The Morgan fingerprint density at radius 3 is 2.71 bits per heavy atom. The standard InChI is InChI=1S/C27H27N3O5/c1-3-17-14-27(17,26(32)33)30-25(31)23-12-19(15-28-23)35-24-13-21(16-7-5-4-6-8-16)29-22-11-18(34-2)9-10-20(22)24/h3-11,13,17,19,23,28H,1,12,14-15H2,2H3,(H,30,31)(H,32,33)/t17?,19-,23+,27?/m1/s1. The van der Waals surface area contributed by atoms with Gasteiger partial charge in [-0.3, -0.25) is 4.79 Å². The van der Waals surface area contributed by atoms with E-state index >= 15 is 0 Å². The van der Waals surface area contributed by atoms with Crippen molar-refractivity contribution < 1.29 is 24.2 Å². The third-order valence-corrected chi connectivity index (χ3v) is 6.78. The van der Waals surface area contributed by atoms with E-state index in [4.69, 9.17) is 14.5 Å². The zero-order chi connectivity index (χ0) is 24.6. The number of carbonyl (C=O) groups excluding carboxylic acids is 1. The number of hydrogen-bond donors (Lipinski definition) is 3. The number of aromatic nitrogens is 1. The number of fused-ring (bicyclic) bond motifs is 1. The first-order chi connectivity index (χ1) is 16.9. The summed E-state index contributed by atoms with van der Waals surface area (Å²) in [5.41, 5.74) is 1.23. The minimum Gasteiger partial charge on any atom is -0.497 e. The lowest BCUT2D eigenvalue weighted by Gasteiger charge is -2.18. The monoisotopic (exact) mass is 473 g/mol. The third-order valence-electron chi connectivity index (χ3n) is 6.78. The van der Waals surface area contributed by atoms with Crippen LogP contribution < -0.4 is 20.1 Å². The molecule has 5 rings (SSSR count). The number of carboxylic acids is 1. The smallest absolute Gasteiger partial charge is 0.330 e. The zero-order valence-corrected chi connectivity index (χ0v) is 19.4. The number of methoxy groups -OCH3 is 1. The van der Waals surface area contributed by atoms with Crippen molar-refractivity contribution in [3.63, 3.8) is 0 Å². The summed E-state index contributed by atoms with van der Waals surface area (Å²) in [6, 6.07) is 16.9. The number of hydrogen-bond acceptors (Lipinski definition) is 6. The predicted molar refractivity (Wildman–Crippen MR) is 131 cm³/mol. The SMILES string of the molecule is C=CC1CC1(NC(=O)[C@@H]1C[C@@H](Oc2cc(-c3ccccc3)nc3cc(OC)ccc23)CN1)C(=O)O. The van der Waals surface area contributed by atoms with Crippen LogP contribution in [0.5, 0.6) is 11.5 Å². The van der Waals surface area contributed by atoms with Crippen LogP contribution in [0.1, 0.15) is 12.8 Å². The Morgan fingerprint density at radius 1 is 1.23 bits per heavy atom. The van der Waals surface area contributed by atoms with E-state index in [1.807, 2.05) is 54.6 Å². The maximum atomic E-state index is 12.8. The number of benzene rings is 2. The molecule has 2 aromatic carbocycles. The van der Waals surface area contributed by atoms with Crippen molar-refractivity contribution in [3.8, 4) is 22.8 Å². The Morgan fingerprint density at radius 2 is 2.03 bits per heavy atom. The number of carbonyl (C=O) groups is 2. The van der Waals surface area contributed by atoms with Crippen molar-refractivity contribution in [2.75, 3.05) is 13.7 Å². The van der Waals surface area contributed by atoms with Gasteiger partial charge in [-0.1, -0.05) is 36.4 Å². The Bertz CT molecular complexity index is 1290. The zero-order valence-electron chi connectivity index (χ0n) is 19.4. The van der Waals surface area contributed by atoms with Crippen LogP contribution in [0.25, 0.3) is 22.2 Å². The molecule has 0 spiro atoms. The van der Waals surface area contributed by atoms with Gasteiger partial charge in [-0.05, 0) is 18.6 Å². The minimum absolute atomic E-state index is 0.256. The molecule has 180 valence electrons. The lowest BCUT2D eigenvalue weighted by Crippen LogP contribution is -2.51. The summed E-state index contributed by atoms with van der Waals surface area (Å²) in [6.07, 6.45) is 2.09. The molecule has 2 unspecified atom stereocenters. The van der Waals surface area contributed by atoms with Gasteiger partial charge in [0, 0.05) is 42.0 Å². The van der Waals surface area contributed by atoms with Gasteiger partial charge in [-0.2, -0.15) is 0 Å². The van der Waals surface area contributed by atoms with Gasteiger partial charge in [0.2, 0.25) is 5.91 Å². The first-order valence-electron chi connectivity index (χ1n) is 11.6. The number of carboxylic acid groups (broad SMARTS) is 1. The lowest BCUT2D eigenvalue weighted by atomic mass is 10.1. The largest absolute Gasteiger partial charge is 0.497 e. The summed E-state index contributed by atoms with van der Waals surface area (Å²) in [7, 11) is 1.61. The molecule has 35 heavy (non-hydrogen) atoms. The van der Waals surface area contributed by atoms with Crippen LogP contribution in [-0.4, -0.2) is 53.3 Å². The first-order valence-corrected chi connectivity index (χ1v) is 11.6. The highest BCUT2D eigenvalue weighted by Crippen LogP contribution is 2.44. The average molecular weight is 474 g/mol. The fraction of sp³-hybridized carbons (Fsp3) is 0.296. The van der Waals surface area contributed by atoms with Gasteiger partial charge in [0.05, 0.1) is 24.4 Å². The molecule has 8 heteroatoms. The summed E-state index contributed by atoms with van der Waals surface area (Å²) in [6.45, 7) is 4.13. The van der Waals surface area contributed by atoms with Crippen LogP contribution in [-0.2, 0) is 9.59 Å².